The molecule has 0 amide bonds. The Morgan fingerprint density at radius 2 is 2.25 bits per heavy atom. The second kappa shape index (κ2) is 5.87. The molecular weight excluding hydrogens is 302 g/mol. The molecule has 0 fully saturated rings. The molecule has 1 aromatic heterocycles. The molecule has 2 aromatic rings. The smallest absolute Gasteiger partial charge is 0.0646 e. The summed E-state index contributed by atoms with van der Waals surface area (Å²) in [5.41, 5.74) is 1.34. The predicted molar refractivity (Wildman–Crippen MR) is 75.3 cm³/mol. The molecule has 0 aliphatic rings. The molecule has 4 heteroatoms. The topological polar surface area (TPSA) is 12.0 Å². The Labute approximate surface area is 112 Å². The van der Waals surface area contributed by atoms with Crippen molar-refractivity contribution >= 4 is 39.0 Å². The first-order valence-electron chi connectivity index (χ1n) is 4.94. The number of nitrogens with one attached hydrogen (secondary N) is 1. The van der Waals surface area contributed by atoms with Crippen LogP contribution in [0.1, 0.15) is 5.56 Å². The molecule has 0 aliphatic carbocycles. The van der Waals surface area contributed by atoms with E-state index in [4.69, 9.17) is 0 Å². The van der Waals surface area contributed by atoms with Crippen LogP contribution >= 0.6 is 39.0 Å². The summed E-state index contributed by atoms with van der Waals surface area (Å²) in [6.07, 6.45) is 0. The van der Waals surface area contributed by atoms with Gasteiger partial charge in [0.1, 0.15) is 0 Å². The minimum atomic E-state index is 0.904. The van der Waals surface area contributed by atoms with Gasteiger partial charge in [-0.3, -0.25) is 0 Å². The summed E-state index contributed by atoms with van der Waals surface area (Å²) in [7, 11) is 1.97. The fourth-order valence-electron chi connectivity index (χ4n) is 1.39. The molecule has 1 nitrogen and oxygen atoms in total. The molecule has 2 rings (SSSR count). The van der Waals surface area contributed by atoms with E-state index < -0.39 is 0 Å². The Morgan fingerprint density at radius 1 is 1.38 bits per heavy atom. The van der Waals surface area contributed by atoms with Gasteiger partial charge in [-0.15, -0.1) is 11.3 Å². The van der Waals surface area contributed by atoms with Gasteiger partial charge in [0.15, 0.2) is 0 Å². The Balaban J connectivity index is 2.26. The number of benzene rings is 1. The number of rotatable bonds is 4. The van der Waals surface area contributed by atoms with Crippen LogP contribution in [0, 0.1) is 0 Å². The molecule has 1 N–H and O–H groups in total. The maximum absolute atomic E-state index is 3.52. The lowest BCUT2D eigenvalue weighted by molar-refractivity contribution is 0.803. The molecule has 0 atom stereocenters. The van der Waals surface area contributed by atoms with E-state index in [9.17, 15) is 0 Å². The Kier molecular flexibility index (Phi) is 4.46. The third kappa shape index (κ3) is 3.10. The Bertz CT molecular complexity index is 454. The van der Waals surface area contributed by atoms with Crippen LogP contribution in [0.4, 0.5) is 0 Å². The summed E-state index contributed by atoms with van der Waals surface area (Å²) >= 11 is 7.12. The molecule has 0 unspecified atom stereocenters. The Morgan fingerprint density at radius 3 is 2.94 bits per heavy atom. The quantitative estimate of drug-likeness (QED) is 0.899. The maximum atomic E-state index is 3.52. The summed E-state index contributed by atoms with van der Waals surface area (Å²) in [5, 5.41) is 5.31. The van der Waals surface area contributed by atoms with Gasteiger partial charge in [0, 0.05) is 15.9 Å². The molecule has 0 bridgehead atoms. The zero-order valence-electron chi connectivity index (χ0n) is 8.87. The van der Waals surface area contributed by atoms with Crippen LogP contribution < -0.4 is 5.32 Å². The molecule has 0 saturated carbocycles. The molecule has 0 saturated heterocycles. The van der Waals surface area contributed by atoms with Crippen molar-refractivity contribution in [3.63, 3.8) is 0 Å². The zero-order chi connectivity index (χ0) is 11.4. The monoisotopic (exact) mass is 313 g/mol. The van der Waals surface area contributed by atoms with Crippen LogP contribution in [-0.2, 0) is 6.54 Å². The van der Waals surface area contributed by atoms with Gasteiger partial charge in [0.05, 0.1) is 4.21 Å². The van der Waals surface area contributed by atoms with E-state index in [-0.39, 0.29) is 0 Å². The van der Waals surface area contributed by atoms with E-state index in [0.717, 1.165) is 11.0 Å². The van der Waals surface area contributed by atoms with E-state index >= 15 is 0 Å². The standard InChI is InChI=1S/C12H12BrNS2/c1-14-8-9-4-5-10(13)7-11(9)16-12-3-2-6-15-12/h2-7,14H,8H2,1H3. The summed E-state index contributed by atoms with van der Waals surface area (Å²) in [4.78, 5) is 1.31. The van der Waals surface area contributed by atoms with Gasteiger partial charge < -0.3 is 5.32 Å². The lowest BCUT2D eigenvalue weighted by Crippen LogP contribution is -2.05. The summed E-state index contributed by atoms with van der Waals surface area (Å²) < 4.78 is 2.46. The van der Waals surface area contributed by atoms with Crippen molar-refractivity contribution in [3.05, 3.63) is 45.7 Å². The molecule has 84 valence electrons. The fourth-order valence-corrected chi connectivity index (χ4v) is 3.80. The fraction of sp³-hybridized carbons (Fsp3) is 0.167. The predicted octanol–water partition coefficient (Wildman–Crippen LogP) is 4.38. The van der Waals surface area contributed by atoms with Gasteiger partial charge in [-0.2, -0.15) is 0 Å². The lowest BCUT2D eigenvalue weighted by atomic mass is 10.2. The van der Waals surface area contributed by atoms with Crippen LogP contribution in [0.25, 0.3) is 0 Å². The van der Waals surface area contributed by atoms with Crippen LogP contribution in [0.2, 0.25) is 0 Å². The average molecular weight is 314 g/mol. The van der Waals surface area contributed by atoms with E-state index in [1.165, 1.54) is 14.7 Å². The number of hydrogen-bond acceptors (Lipinski definition) is 3. The first-order chi connectivity index (χ1) is 7.79. The second-order valence-electron chi connectivity index (χ2n) is 3.32. The van der Waals surface area contributed by atoms with Crippen molar-refractivity contribution in [3.8, 4) is 0 Å². The molecule has 16 heavy (non-hydrogen) atoms. The van der Waals surface area contributed by atoms with E-state index in [1.807, 2.05) is 18.8 Å². The van der Waals surface area contributed by atoms with Crippen molar-refractivity contribution in [2.24, 2.45) is 0 Å². The van der Waals surface area contributed by atoms with Crippen molar-refractivity contribution in [1.29, 1.82) is 0 Å². The average Bonchev–Trinajstić information content (AvgIpc) is 2.75. The largest absolute Gasteiger partial charge is 0.316 e. The normalized spacial score (nSPS) is 10.6. The van der Waals surface area contributed by atoms with Gasteiger partial charge in [-0.1, -0.05) is 39.8 Å². The SMILES string of the molecule is CNCc1ccc(Br)cc1Sc1cccs1. The number of thiophene rings is 1. The first kappa shape index (κ1) is 12.2. The highest BCUT2D eigenvalue weighted by atomic mass is 79.9. The van der Waals surface area contributed by atoms with Crippen molar-refractivity contribution < 1.29 is 0 Å². The summed E-state index contributed by atoms with van der Waals surface area (Å²) in [5.74, 6) is 0. The third-order valence-corrected chi connectivity index (χ3v) is 4.73. The van der Waals surface area contributed by atoms with Crippen molar-refractivity contribution in [2.45, 2.75) is 15.6 Å². The van der Waals surface area contributed by atoms with Gasteiger partial charge in [0.25, 0.3) is 0 Å². The minimum absolute atomic E-state index is 0.904. The molecule has 1 aromatic carbocycles. The maximum Gasteiger partial charge on any atom is 0.0646 e. The highest BCUT2D eigenvalue weighted by Gasteiger charge is 2.05. The molecule has 0 spiro atoms. The molecular formula is C12H12BrNS2. The summed E-state index contributed by atoms with van der Waals surface area (Å²) in [6.45, 7) is 0.904. The van der Waals surface area contributed by atoms with Crippen LogP contribution in [0.3, 0.4) is 0 Å². The van der Waals surface area contributed by atoms with Gasteiger partial charge in [-0.05, 0) is 36.2 Å². The van der Waals surface area contributed by atoms with Crippen LogP contribution in [0.5, 0.6) is 0 Å². The third-order valence-electron chi connectivity index (χ3n) is 2.10. The summed E-state index contributed by atoms with van der Waals surface area (Å²) in [6, 6.07) is 10.7. The van der Waals surface area contributed by atoms with E-state index in [0.29, 0.717) is 0 Å². The van der Waals surface area contributed by atoms with E-state index in [1.54, 1.807) is 11.3 Å². The Hall–Kier alpha value is -0.290. The van der Waals surface area contributed by atoms with E-state index in [2.05, 4.69) is 57.0 Å². The number of halogens is 1. The van der Waals surface area contributed by atoms with Crippen LogP contribution in [-0.4, -0.2) is 7.05 Å². The van der Waals surface area contributed by atoms with Crippen LogP contribution in [0.15, 0.2) is 49.3 Å². The molecule has 0 aliphatic heterocycles. The molecule has 1 heterocycles. The minimum Gasteiger partial charge on any atom is -0.316 e. The van der Waals surface area contributed by atoms with Crippen molar-refractivity contribution in [2.75, 3.05) is 7.05 Å². The lowest BCUT2D eigenvalue weighted by Gasteiger charge is -2.08. The zero-order valence-corrected chi connectivity index (χ0v) is 12.1. The first-order valence-corrected chi connectivity index (χ1v) is 7.43. The van der Waals surface area contributed by atoms with Gasteiger partial charge >= 0.3 is 0 Å². The highest BCUT2D eigenvalue weighted by molar-refractivity contribution is 9.10. The number of hydrogen-bond donors (Lipinski definition) is 1. The van der Waals surface area contributed by atoms with Gasteiger partial charge in [0.2, 0.25) is 0 Å². The second-order valence-corrected chi connectivity index (χ2v) is 6.52. The van der Waals surface area contributed by atoms with Crippen molar-refractivity contribution in [1.82, 2.24) is 5.32 Å². The highest BCUT2D eigenvalue weighted by Crippen LogP contribution is 2.35. The van der Waals surface area contributed by atoms with Gasteiger partial charge in [-0.25, -0.2) is 0 Å². The molecule has 0 radical (unpaired) electrons.